The fraction of sp³-hybridized carbons (Fsp3) is 0.500. The molecule has 1 amide bonds. The lowest BCUT2D eigenvalue weighted by Crippen LogP contribution is -2.42. The highest BCUT2D eigenvalue weighted by Gasteiger charge is 2.31. The summed E-state index contributed by atoms with van der Waals surface area (Å²) in [4.78, 5) is 17.6. The number of hydrogen-bond acceptors (Lipinski definition) is 4. The number of para-hydroxylation sites is 1. The van der Waals surface area contributed by atoms with Gasteiger partial charge in [0, 0.05) is 24.7 Å². The number of benzene rings is 2. The Hall–Kier alpha value is -2.53. The Bertz CT molecular complexity index is 803. The molecule has 0 bridgehead atoms. The molecule has 0 radical (unpaired) electrons. The number of unbranched alkanes of at least 4 members (excludes halogenated alkanes) is 1. The minimum Gasteiger partial charge on any atom is -0.494 e. The van der Waals surface area contributed by atoms with Gasteiger partial charge < -0.3 is 19.3 Å². The van der Waals surface area contributed by atoms with Crippen LogP contribution in [0.15, 0.2) is 54.6 Å². The van der Waals surface area contributed by atoms with Crippen molar-refractivity contribution in [2.24, 2.45) is 0 Å². The van der Waals surface area contributed by atoms with E-state index in [0.717, 1.165) is 55.8 Å². The van der Waals surface area contributed by atoms with E-state index in [2.05, 4.69) is 9.80 Å². The van der Waals surface area contributed by atoms with Crippen LogP contribution in [-0.4, -0.2) is 61.1 Å². The third-order valence-electron chi connectivity index (χ3n) is 6.23. The summed E-state index contributed by atoms with van der Waals surface area (Å²) >= 11 is 0. The minimum atomic E-state index is 0.159. The topological polar surface area (TPSA) is 42.0 Å². The molecule has 2 heterocycles. The first-order chi connectivity index (χ1) is 15.3. The van der Waals surface area contributed by atoms with Crippen LogP contribution in [0.1, 0.15) is 48.9 Å². The Morgan fingerprint density at radius 2 is 1.45 bits per heavy atom. The Balaban J connectivity index is 1.18. The van der Waals surface area contributed by atoms with Gasteiger partial charge in [-0.2, -0.15) is 0 Å². The molecule has 5 heteroatoms. The first-order valence-corrected chi connectivity index (χ1v) is 11.7. The molecular weight excluding hydrogens is 388 g/mol. The number of nitrogens with zero attached hydrogens (tertiary/aromatic N) is 2. The monoisotopic (exact) mass is 422 g/mol. The fourth-order valence-corrected chi connectivity index (χ4v) is 4.52. The second-order valence-electron chi connectivity index (χ2n) is 8.54. The molecule has 0 saturated carbocycles. The molecule has 2 aromatic rings. The quantitative estimate of drug-likeness (QED) is 0.524. The van der Waals surface area contributed by atoms with Crippen molar-refractivity contribution in [3.63, 3.8) is 0 Å². The normalized spacial score (nSPS) is 19.0. The van der Waals surface area contributed by atoms with Crippen molar-refractivity contribution in [3.8, 4) is 11.5 Å². The Labute approximate surface area is 185 Å². The van der Waals surface area contributed by atoms with Crippen LogP contribution in [0.25, 0.3) is 0 Å². The largest absolute Gasteiger partial charge is 0.494 e. The number of carbonyl (C=O) groups is 1. The van der Waals surface area contributed by atoms with Crippen molar-refractivity contribution in [2.75, 3.05) is 39.4 Å². The van der Waals surface area contributed by atoms with Gasteiger partial charge in [0.25, 0.3) is 5.91 Å². The highest BCUT2D eigenvalue weighted by atomic mass is 16.5. The van der Waals surface area contributed by atoms with Crippen LogP contribution >= 0.6 is 0 Å². The van der Waals surface area contributed by atoms with Gasteiger partial charge in [-0.1, -0.05) is 18.2 Å². The Morgan fingerprint density at radius 3 is 2.13 bits per heavy atom. The molecule has 1 unspecified atom stereocenters. The van der Waals surface area contributed by atoms with E-state index in [1.165, 1.54) is 25.9 Å². The number of amides is 1. The molecule has 0 aliphatic carbocycles. The molecule has 31 heavy (non-hydrogen) atoms. The van der Waals surface area contributed by atoms with Gasteiger partial charge in [-0.3, -0.25) is 4.79 Å². The van der Waals surface area contributed by atoms with Gasteiger partial charge in [0.1, 0.15) is 11.5 Å². The van der Waals surface area contributed by atoms with Crippen LogP contribution in [-0.2, 0) is 0 Å². The van der Waals surface area contributed by atoms with Gasteiger partial charge in [-0.05, 0) is 88.0 Å². The van der Waals surface area contributed by atoms with E-state index in [0.29, 0.717) is 19.3 Å². The Morgan fingerprint density at radius 1 is 0.806 bits per heavy atom. The second-order valence-corrected chi connectivity index (χ2v) is 8.54. The van der Waals surface area contributed by atoms with Gasteiger partial charge in [-0.15, -0.1) is 0 Å². The summed E-state index contributed by atoms with van der Waals surface area (Å²) in [5.74, 6) is 1.88. The zero-order valence-electron chi connectivity index (χ0n) is 18.4. The van der Waals surface area contributed by atoms with Gasteiger partial charge in [0.05, 0.1) is 13.2 Å². The maximum atomic E-state index is 13.0. The van der Waals surface area contributed by atoms with Crippen molar-refractivity contribution < 1.29 is 14.3 Å². The first kappa shape index (κ1) is 21.7. The predicted octanol–water partition coefficient (Wildman–Crippen LogP) is 4.63. The van der Waals surface area contributed by atoms with E-state index in [1.807, 2.05) is 54.6 Å². The second kappa shape index (κ2) is 11.2. The first-order valence-electron chi connectivity index (χ1n) is 11.7. The third-order valence-corrected chi connectivity index (χ3v) is 6.23. The number of likely N-dealkylation sites (tertiary alicyclic amines) is 2. The van der Waals surface area contributed by atoms with Crippen molar-refractivity contribution in [1.29, 1.82) is 0 Å². The molecule has 0 N–H and O–H groups in total. The van der Waals surface area contributed by atoms with E-state index < -0.39 is 0 Å². The predicted molar refractivity (Wildman–Crippen MR) is 123 cm³/mol. The summed E-state index contributed by atoms with van der Waals surface area (Å²) in [5, 5.41) is 0. The number of rotatable bonds is 10. The summed E-state index contributed by atoms with van der Waals surface area (Å²) < 4.78 is 11.5. The van der Waals surface area contributed by atoms with Crippen LogP contribution < -0.4 is 9.47 Å². The molecule has 2 saturated heterocycles. The Kier molecular flexibility index (Phi) is 7.83. The van der Waals surface area contributed by atoms with E-state index >= 15 is 0 Å². The van der Waals surface area contributed by atoms with Gasteiger partial charge in [0.2, 0.25) is 0 Å². The highest BCUT2D eigenvalue weighted by Crippen LogP contribution is 2.23. The van der Waals surface area contributed by atoms with Crippen molar-refractivity contribution in [3.05, 3.63) is 60.2 Å². The number of ether oxygens (including phenoxy) is 2. The maximum absolute atomic E-state index is 13.0. The molecule has 1 atom stereocenters. The molecule has 0 spiro atoms. The van der Waals surface area contributed by atoms with Gasteiger partial charge >= 0.3 is 0 Å². The van der Waals surface area contributed by atoms with E-state index in [9.17, 15) is 4.79 Å². The van der Waals surface area contributed by atoms with Crippen LogP contribution in [0.5, 0.6) is 11.5 Å². The van der Waals surface area contributed by atoms with Crippen molar-refractivity contribution >= 4 is 5.91 Å². The minimum absolute atomic E-state index is 0.159. The molecule has 0 aromatic heterocycles. The van der Waals surface area contributed by atoms with Crippen LogP contribution in [0, 0.1) is 0 Å². The van der Waals surface area contributed by atoms with E-state index in [1.54, 1.807) is 0 Å². The third kappa shape index (κ3) is 6.23. The number of carbonyl (C=O) groups excluding carboxylic acids is 1. The van der Waals surface area contributed by atoms with Crippen LogP contribution in [0.2, 0.25) is 0 Å². The molecule has 2 aromatic carbocycles. The van der Waals surface area contributed by atoms with Crippen LogP contribution in [0.3, 0.4) is 0 Å². The smallest absolute Gasteiger partial charge is 0.254 e. The molecular formula is C26H34N2O3. The summed E-state index contributed by atoms with van der Waals surface area (Å²) in [7, 11) is 0. The van der Waals surface area contributed by atoms with Crippen LogP contribution in [0.4, 0.5) is 0 Å². The average molecular weight is 423 g/mol. The summed E-state index contributed by atoms with van der Waals surface area (Å²) in [6.07, 6.45) is 6.69. The van der Waals surface area contributed by atoms with Crippen molar-refractivity contribution in [2.45, 2.75) is 44.6 Å². The van der Waals surface area contributed by atoms with Gasteiger partial charge in [0.15, 0.2) is 0 Å². The van der Waals surface area contributed by atoms with Gasteiger partial charge in [-0.25, -0.2) is 0 Å². The molecule has 2 fully saturated rings. The van der Waals surface area contributed by atoms with E-state index in [4.69, 9.17) is 9.47 Å². The fourth-order valence-electron chi connectivity index (χ4n) is 4.52. The lowest BCUT2D eigenvalue weighted by Gasteiger charge is -2.28. The molecule has 166 valence electrons. The summed E-state index contributed by atoms with van der Waals surface area (Å²) in [6.45, 7) is 5.61. The molecule has 2 aliphatic heterocycles. The maximum Gasteiger partial charge on any atom is 0.254 e. The summed E-state index contributed by atoms with van der Waals surface area (Å²) in [5.41, 5.74) is 0.761. The van der Waals surface area contributed by atoms with Crippen molar-refractivity contribution in [1.82, 2.24) is 9.80 Å². The lowest BCUT2D eigenvalue weighted by atomic mass is 10.1. The summed E-state index contributed by atoms with van der Waals surface area (Å²) in [6, 6.07) is 17.9. The standard InChI is InChI=1S/C26H34N2O3/c29-26(28-18-8-9-23(28)21-27-16-4-5-17-27)22-12-14-25(15-13-22)31-20-7-6-19-30-24-10-2-1-3-11-24/h1-3,10-15,23H,4-9,16-21H2. The molecule has 4 rings (SSSR count). The molecule has 5 nitrogen and oxygen atoms in total. The molecule has 2 aliphatic rings. The zero-order valence-corrected chi connectivity index (χ0v) is 18.4. The van der Waals surface area contributed by atoms with E-state index in [-0.39, 0.29) is 5.91 Å². The SMILES string of the molecule is O=C(c1ccc(OCCCCOc2ccccc2)cc1)N1CCCC1CN1CCCC1. The lowest BCUT2D eigenvalue weighted by molar-refractivity contribution is 0.0708. The number of hydrogen-bond donors (Lipinski definition) is 0. The highest BCUT2D eigenvalue weighted by molar-refractivity contribution is 5.94. The zero-order chi connectivity index (χ0) is 21.3. The average Bonchev–Trinajstić information content (AvgIpc) is 3.49.